The average Bonchev–Trinajstić information content (AvgIpc) is 2.16. The summed E-state index contributed by atoms with van der Waals surface area (Å²) in [4.78, 5) is 20.9. The number of carbonyl (C=O) groups is 2. The highest BCUT2D eigenvalue weighted by Crippen LogP contribution is 2.15. The topological polar surface area (TPSA) is 46.2 Å². The monoisotopic (exact) mass is 165 g/mol. The molecule has 3 heteroatoms. The van der Waals surface area contributed by atoms with Crippen LogP contribution < -0.4 is 5.32 Å². The molecule has 1 aliphatic rings. The van der Waals surface area contributed by atoms with Gasteiger partial charge in [0.2, 0.25) is 0 Å². The van der Waals surface area contributed by atoms with Crippen LogP contribution in [0.25, 0.3) is 0 Å². The summed E-state index contributed by atoms with van der Waals surface area (Å²) >= 11 is 0. The van der Waals surface area contributed by atoms with Crippen molar-refractivity contribution >= 4 is 12.6 Å². The van der Waals surface area contributed by atoms with Gasteiger partial charge in [-0.1, -0.05) is 12.2 Å². The fraction of sp³-hybridized carbons (Fsp3) is 0.333. The normalized spacial score (nSPS) is 22.6. The zero-order chi connectivity index (χ0) is 8.97. The number of allylic oxidation sites excluding steroid dienone is 2. The zero-order valence-corrected chi connectivity index (χ0v) is 6.91. The van der Waals surface area contributed by atoms with Crippen LogP contribution >= 0.6 is 0 Å². The molecule has 0 bridgehead atoms. The predicted octanol–water partition coefficient (Wildman–Crippen LogP) is 0.229. The van der Waals surface area contributed by atoms with Crippen molar-refractivity contribution in [3.05, 3.63) is 23.3 Å². The summed E-state index contributed by atoms with van der Waals surface area (Å²) in [6, 6.07) is 0.175. The van der Waals surface area contributed by atoms with Crippen molar-refractivity contribution in [1.82, 2.24) is 5.32 Å². The van der Waals surface area contributed by atoms with Crippen LogP contribution in [-0.4, -0.2) is 25.7 Å². The van der Waals surface area contributed by atoms with Gasteiger partial charge in [-0.05, 0) is 13.5 Å². The van der Waals surface area contributed by atoms with Crippen LogP contribution in [0.1, 0.15) is 6.42 Å². The number of likely N-dealkylation sites (N-methyl/N-ethyl adjacent to an activating group) is 1. The highest BCUT2D eigenvalue weighted by Gasteiger charge is 2.13. The first-order chi connectivity index (χ1) is 5.81. The van der Waals surface area contributed by atoms with Gasteiger partial charge in [0, 0.05) is 17.2 Å². The second-order valence-electron chi connectivity index (χ2n) is 2.67. The Hall–Kier alpha value is -1.22. The van der Waals surface area contributed by atoms with Crippen LogP contribution in [0.5, 0.6) is 0 Å². The molecule has 0 saturated carbocycles. The van der Waals surface area contributed by atoms with Crippen LogP contribution in [0.15, 0.2) is 23.3 Å². The maximum absolute atomic E-state index is 10.5. The predicted molar refractivity (Wildman–Crippen MR) is 45.8 cm³/mol. The maximum atomic E-state index is 10.5. The fourth-order valence-corrected chi connectivity index (χ4v) is 1.18. The first-order valence-corrected chi connectivity index (χ1v) is 3.80. The first-order valence-electron chi connectivity index (χ1n) is 3.80. The van der Waals surface area contributed by atoms with Gasteiger partial charge in [0.15, 0.2) is 0 Å². The van der Waals surface area contributed by atoms with Gasteiger partial charge >= 0.3 is 0 Å². The fourth-order valence-electron chi connectivity index (χ4n) is 1.18. The van der Waals surface area contributed by atoms with Crippen molar-refractivity contribution in [3.63, 3.8) is 0 Å². The van der Waals surface area contributed by atoms with E-state index in [4.69, 9.17) is 0 Å². The largest absolute Gasteiger partial charge is 0.313 e. The minimum absolute atomic E-state index is 0.175. The molecular formula is C9H11NO2. The second kappa shape index (κ2) is 3.97. The second-order valence-corrected chi connectivity index (χ2v) is 2.67. The van der Waals surface area contributed by atoms with Crippen LogP contribution in [-0.2, 0) is 9.59 Å². The van der Waals surface area contributed by atoms with Gasteiger partial charge in [0.25, 0.3) is 0 Å². The molecule has 1 atom stereocenters. The SMILES string of the molecule is CNC1C=CC(C=O)=C(C=O)C1. The lowest BCUT2D eigenvalue weighted by atomic mass is 9.96. The summed E-state index contributed by atoms with van der Waals surface area (Å²) in [7, 11) is 1.82. The van der Waals surface area contributed by atoms with E-state index in [0.717, 1.165) is 6.29 Å². The molecule has 3 nitrogen and oxygen atoms in total. The minimum atomic E-state index is 0.175. The van der Waals surface area contributed by atoms with Crippen molar-refractivity contribution in [2.45, 2.75) is 12.5 Å². The molecule has 1 unspecified atom stereocenters. The van der Waals surface area contributed by atoms with Crippen LogP contribution in [0.4, 0.5) is 0 Å². The van der Waals surface area contributed by atoms with Crippen molar-refractivity contribution < 1.29 is 9.59 Å². The third-order valence-electron chi connectivity index (χ3n) is 1.96. The molecule has 1 rings (SSSR count). The molecule has 0 aromatic carbocycles. The number of hydrogen-bond acceptors (Lipinski definition) is 3. The Labute approximate surface area is 71.1 Å². The summed E-state index contributed by atoms with van der Waals surface area (Å²) in [6.07, 6.45) is 5.63. The van der Waals surface area contributed by atoms with Crippen molar-refractivity contribution in [2.75, 3.05) is 7.05 Å². The van der Waals surface area contributed by atoms with Gasteiger partial charge in [-0.2, -0.15) is 0 Å². The Bertz CT molecular complexity index is 253. The van der Waals surface area contributed by atoms with Gasteiger partial charge in [0.1, 0.15) is 12.6 Å². The number of aldehydes is 2. The lowest BCUT2D eigenvalue weighted by molar-refractivity contribution is -0.107. The summed E-state index contributed by atoms with van der Waals surface area (Å²) < 4.78 is 0. The smallest absolute Gasteiger partial charge is 0.150 e. The Morgan fingerprint density at radius 2 is 2.25 bits per heavy atom. The Balaban J connectivity index is 2.85. The van der Waals surface area contributed by atoms with E-state index in [2.05, 4.69) is 5.32 Å². The molecule has 0 fully saturated rings. The maximum Gasteiger partial charge on any atom is 0.150 e. The number of nitrogens with one attached hydrogen (secondary N) is 1. The molecule has 0 aromatic rings. The van der Waals surface area contributed by atoms with E-state index in [-0.39, 0.29) is 6.04 Å². The first kappa shape index (κ1) is 8.87. The highest BCUT2D eigenvalue weighted by molar-refractivity contribution is 5.90. The Kier molecular flexibility index (Phi) is 2.94. The number of rotatable bonds is 3. The Morgan fingerprint density at radius 3 is 2.75 bits per heavy atom. The van der Waals surface area contributed by atoms with Gasteiger partial charge in [-0.25, -0.2) is 0 Å². The van der Waals surface area contributed by atoms with Crippen molar-refractivity contribution in [3.8, 4) is 0 Å². The molecule has 0 radical (unpaired) electrons. The van der Waals surface area contributed by atoms with E-state index in [9.17, 15) is 9.59 Å². The lowest BCUT2D eigenvalue weighted by Crippen LogP contribution is -2.25. The molecular weight excluding hydrogens is 154 g/mol. The molecule has 64 valence electrons. The van der Waals surface area contributed by atoms with Crippen LogP contribution in [0, 0.1) is 0 Å². The van der Waals surface area contributed by atoms with E-state index < -0.39 is 0 Å². The molecule has 0 aliphatic heterocycles. The molecule has 1 aliphatic carbocycles. The molecule has 0 aromatic heterocycles. The van der Waals surface area contributed by atoms with Crippen molar-refractivity contribution in [2.24, 2.45) is 0 Å². The zero-order valence-electron chi connectivity index (χ0n) is 6.91. The van der Waals surface area contributed by atoms with Gasteiger partial charge in [-0.15, -0.1) is 0 Å². The third kappa shape index (κ3) is 1.68. The average molecular weight is 165 g/mol. The molecule has 0 spiro atoms. The number of carbonyl (C=O) groups excluding carboxylic acids is 2. The third-order valence-corrected chi connectivity index (χ3v) is 1.96. The molecule has 1 N–H and O–H groups in total. The number of hydrogen-bond donors (Lipinski definition) is 1. The lowest BCUT2D eigenvalue weighted by Gasteiger charge is -2.16. The summed E-state index contributed by atoms with van der Waals surface area (Å²) in [5.41, 5.74) is 1.07. The van der Waals surface area contributed by atoms with Crippen LogP contribution in [0.2, 0.25) is 0 Å². The molecule has 0 heterocycles. The highest BCUT2D eigenvalue weighted by atomic mass is 16.1. The summed E-state index contributed by atoms with van der Waals surface area (Å²) in [5.74, 6) is 0. The van der Waals surface area contributed by atoms with Crippen LogP contribution in [0.3, 0.4) is 0 Å². The van der Waals surface area contributed by atoms with E-state index in [1.165, 1.54) is 0 Å². The molecule has 0 saturated heterocycles. The summed E-state index contributed by atoms with van der Waals surface area (Å²) in [5, 5.41) is 3.02. The van der Waals surface area contributed by atoms with Gasteiger partial charge in [0.05, 0.1) is 0 Å². The van der Waals surface area contributed by atoms with E-state index >= 15 is 0 Å². The van der Waals surface area contributed by atoms with Gasteiger partial charge in [-0.3, -0.25) is 9.59 Å². The standard InChI is InChI=1S/C9H11NO2/c1-10-9-3-2-7(5-11)8(4-9)6-12/h2-3,5-6,9-10H,4H2,1H3. The van der Waals surface area contributed by atoms with E-state index in [1.807, 2.05) is 13.1 Å². The van der Waals surface area contributed by atoms with E-state index in [0.29, 0.717) is 23.9 Å². The minimum Gasteiger partial charge on any atom is -0.313 e. The molecule has 12 heavy (non-hydrogen) atoms. The molecule has 0 amide bonds. The summed E-state index contributed by atoms with van der Waals surface area (Å²) in [6.45, 7) is 0. The van der Waals surface area contributed by atoms with Crippen molar-refractivity contribution in [1.29, 1.82) is 0 Å². The quantitative estimate of drug-likeness (QED) is 0.609. The van der Waals surface area contributed by atoms with Gasteiger partial charge < -0.3 is 5.32 Å². The van der Waals surface area contributed by atoms with E-state index in [1.54, 1.807) is 6.08 Å². The Morgan fingerprint density at radius 1 is 1.50 bits per heavy atom.